The van der Waals surface area contributed by atoms with Crippen LogP contribution in [0.1, 0.15) is 9.67 Å². The van der Waals surface area contributed by atoms with Crippen molar-refractivity contribution in [2.24, 2.45) is 0 Å². The van der Waals surface area contributed by atoms with E-state index in [2.05, 4.69) is 0 Å². The SMILES string of the molecule is Bc1cc(-c2ccccc2)sc1C(=O)OC. The van der Waals surface area contributed by atoms with Gasteiger partial charge in [-0.3, -0.25) is 0 Å². The molecule has 0 saturated heterocycles. The van der Waals surface area contributed by atoms with Gasteiger partial charge in [0.2, 0.25) is 0 Å². The molecule has 1 aromatic heterocycles. The second-order valence-electron chi connectivity index (χ2n) is 3.48. The zero-order valence-corrected chi connectivity index (χ0v) is 10.0. The van der Waals surface area contributed by atoms with Crippen LogP contribution in [0.25, 0.3) is 10.4 Å². The summed E-state index contributed by atoms with van der Waals surface area (Å²) in [6.07, 6.45) is 0. The molecular formula is C12H11BO2S. The molecule has 0 amide bonds. The molecule has 0 saturated carbocycles. The number of ether oxygens (including phenoxy) is 1. The van der Waals surface area contributed by atoms with Crippen LogP contribution in [0.4, 0.5) is 0 Å². The summed E-state index contributed by atoms with van der Waals surface area (Å²) < 4.78 is 4.74. The lowest BCUT2D eigenvalue weighted by Crippen LogP contribution is -2.11. The largest absolute Gasteiger partial charge is 0.465 e. The van der Waals surface area contributed by atoms with Crippen LogP contribution in [0.2, 0.25) is 0 Å². The van der Waals surface area contributed by atoms with E-state index in [1.165, 1.54) is 18.4 Å². The zero-order chi connectivity index (χ0) is 11.5. The van der Waals surface area contributed by atoms with Crippen molar-refractivity contribution in [1.29, 1.82) is 0 Å². The summed E-state index contributed by atoms with van der Waals surface area (Å²) >= 11 is 1.47. The Kier molecular flexibility index (Phi) is 3.10. The Morgan fingerprint density at radius 3 is 2.62 bits per heavy atom. The van der Waals surface area contributed by atoms with Crippen molar-refractivity contribution in [1.82, 2.24) is 0 Å². The molecule has 0 radical (unpaired) electrons. The van der Waals surface area contributed by atoms with Crippen LogP contribution in [-0.2, 0) is 4.74 Å². The molecule has 0 fully saturated rings. The van der Waals surface area contributed by atoms with E-state index in [1.54, 1.807) is 0 Å². The fourth-order valence-corrected chi connectivity index (χ4v) is 2.62. The predicted molar refractivity (Wildman–Crippen MR) is 69.3 cm³/mol. The van der Waals surface area contributed by atoms with E-state index in [9.17, 15) is 4.79 Å². The maximum atomic E-state index is 11.5. The van der Waals surface area contributed by atoms with Crippen molar-refractivity contribution >= 4 is 30.6 Å². The number of esters is 1. The van der Waals surface area contributed by atoms with E-state index in [1.807, 2.05) is 44.2 Å². The van der Waals surface area contributed by atoms with E-state index >= 15 is 0 Å². The van der Waals surface area contributed by atoms with Crippen LogP contribution in [0.3, 0.4) is 0 Å². The van der Waals surface area contributed by atoms with Gasteiger partial charge in [-0.25, -0.2) is 4.79 Å². The summed E-state index contributed by atoms with van der Waals surface area (Å²) in [5.41, 5.74) is 2.10. The highest BCUT2D eigenvalue weighted by molar-refractivity contribution is 7.18. The lowest BCUT2D eigenvalue weighted by atomic mass is 9.96. The molecular weight excluding hydrogens is 219 g/mol. The van der Waals surface area contributed by atoms with E-state index in [0.717, 1.165) is 15.9 Å². The van der Waals surface area contributed by atoms with Crippen molar-refractivity contribution in [2.45, 2.75) is 0 Å². The van der Waals surface area contributed by atoms with Gasteiger partial charge in [-0.2, -0.15) is 0 Å². The standard InChI is InChI=1S/C12H11BO2S/c1-15-12(14)11-9(13)7-10(16-11)8-5-3-2-4-6-8/h2-7H,13H2,1H3. The lowest BCUT2D eigenvalue weighted by molar-refractivity contribution is 0.0607. The predicted octanol–water partition coefficient (Wildman–Crippen LogP) is 1.46. The molecule has 1 heterocycles. The lowest BCUT2D eigenvalue weighted by Gasteiger charge is -1.95. The fourth-order valence-electron chi connectivity index (χ4n) is 1.52. The second kappa shape index (κ2) is 4.53. The number of thiophene rings is 1. The second-order valence-corrected chi connectivity index (χ2v) is 4.53. The third-order valence-electron chi connectivity index (χ3n) is 2.35. The van der Waals surface area contributed by atoms with Gasteiger partial charge in [0.25, 0.3) is 0 Å². The molecule has 1 aromatic carbocycles. The van der Waals surface area contributed by atoms with Crippen LogP contribution in [0.15, 0.2) is 36.4 Å². The van der Waals surface area contributed by atoms with E-state index < -0.39 is 0 Å². The van der Waals surface area contributed by atoms with Crippen LogP contribution < -0.4 is 5.46 Å². The first-order chi connectivity index (χ1) is 7.72. The highest BCUT2D eigenvalue weighted by atomic mass is 32.1. The first-order valence-corrected chi connectivity index (χ1v) is 5.78. The summed E-state index contributed by atoms with van der Waals surface area (Å²) in [5.74, 6) is -0.260. The number of hydrogen-bond acceptors (Lipinski definition) is 3. The van der Waals surface area contributed by atoms with Crippen molar-refractivity contribution < 1.29 is 9.53 Å². The number of rotatable bonds is 2. The van der Waals surface area contributed by atoms with Gasteiger partial charge in [0.05, 0.1) is 7.11 Å². The van der Waals surface area contributed by atoms with Crippen molar-refractivity contribution in [3.8, 4) is 10.4 Å². The summed E-state index contributed by atoms with van der Waals surface area (Å²) in [7, 11) is 3.33. The monoisotopic (exact) mass is 230 g/mol. The molecule has 2 aromatic rings. The number of carbonyl (C=O) groups excluding carboxylic acids is 1. The summed E-state index contributed by atoms with van der Waals surface area (Å²) in [4.78, 5) is 13.2. The smallest absolute Gasteiger partial charge is 0.347 e. The van der Waals surface area contributed by atoms with E-state index in [4.69, 9.17) is 4.74 Å². The quantitative estimate of drug-likeness (QED) is 0.576. The molecule has 16 heavy (non-hydrogen) atoms. The minimum Gasteiger partial charge on any atom is -0.465 e. The Labute approximate surface area is 99.3 Å². The summed E-state index contributed by atoms with van der Waals surface area (Å²) in [6.45, 7) is 0. The molecule has 0 aliphatic heterocycles. The minimum atomic E-state index is -0.260. The molecule has 2 nitrogen and oxygen atoms in total. The Hall–Kier alpha value is -1.55. The molecule has 0 N–H and O–H groups in total. The minimum absolute atomic E-state index is 0.260. The fraction of sp³-hybridized carbons (Fsp3) is 0.0833. The Bertz CT molecular complexity index is 505. The molecule has 0 bridgehead atoms. The molecule has 0 spiro atoms. The molecule has 0 aliphatic carbocycles. The van der Waals surface area contributed by atoms with Crippen LogP contribution >= 0.6 is 11.3 Å². The molecule has 4 heteroatoms. The molecule has 0 unspecified atom stereocenters. The van der Waals surface area contributed by atoms with Gasteiger partial charge in [-0.1, -0.05) is 35.8 Å². The zero-order valence-electron chi connectivity index (χ0n) is 9.19. The first-order valence-electron chi connectivity index (χ1n) is 4.96. The van der Waals surface area contributed by atoms with Gasteiger partial charge in [0.15, 0.2) is 0 Å². The number of benzene rings is 1. The van der Waals surface area contributed by atoms with Gasteiger partial charge in [-0.15, -0.1) is 11.3 Å². The third-order valence-corrected chi connectivity index (χ3v) is 3.61. The maximum Gasteiger partial charge on any atom is 0.347 e. The molecule has 0 atom stereocenters. The number of hydrogen-bond donors (Lipinski definition) is 0. The van der Waals surface area contributed by atoms with E-state index in [0.29, 0.717) is 4.88 Å². The van der Waals surface area contributed by atoms with Gasteiger partial charge in [0, 0.05) is 4.88 Å². The normalized spacial score (nSPS) is 10.1. The Balaban J connectivity index is 2.42. The van der Waals surface area contributed by atoms with Crippen molar-refractivity contribution in [2.75, 3.05) is 7.11 Å². The van der Waals surface area contributed by atoms with Gasteiger partial charge in [-0.05, 0) is 11.6 Å². The first kappa shape index (κ1) is 11.0. The number of methoxy groups -OCH3 is 1. The molecule has 0 aliphatic rings. The molecule has 80 valence electrons. The Morgan fingerprint density at radius 2 is 2.00 bits per heavy atom. The number of carbonyl (C=O) groups is 1. The summed E-state index contributed by atoms with van der Waals surface area (Å²) in [5, 5.41) is 0. The van der Waals surface area contributed by atoms with Gasteiger partial charge in [0.1, 0.15) is 12.7 Å². The van der Waals surface area contributed by atoms with Gasteiger partial charge < -0.3 is 4.74 Å². The van der Waals surface area contributed by atoms with Crippen molar-refractivity contribution in [3.05, 3.63) is 41.3 Å². The van der Waals surface area contributed by atoms with Crippen LogP contribution in [0.5, 0.6) is 0 Å². The van der Waals surface area contributed by atoms with Crippen LogP contribution in [0, 0.1) is 0 Å². The summed E-state index contributed by atoms with van der Waals surface area (Å²) in [6, 6.07) is 12.0. The van der Waals surface area contributed by atoms with Crippen molar-refractivity contribution in [3.63, 3.8) is 0 Å². The third kappa shape index (κ3) is 2.02. The average molecular weight is 230 g/mol. The van der Waals surface area contributed by atoms with E-state index in [-0.39, 0.29) is 5.97 Å². The van der Waals surface area contributed by atoms with Gasteiger partial charge >= 0.3 is 5.97 Å². The average Bonchev–Trinajstić information content (AvgIpc) is 2.71. The highest BCUT2D eigenvalue weighted by Crippen LogP contribution is 2.26. The Morgan fingerprint density at radius 1 is 1.31 bits per heavy atom. The highest BCUT2D eigenvalue weighted by Gasteiger charge is 2.13. The molecule has 2 rings (SSSR count). The maximum absolute atomic E-state index is 11.5. The topological polar surface area (TPSA) is 26.3 Å². The van der Waals surface area contributed by atoms with Crippen LogP contribution in [-0.4, -0.2) is 20.9 Å².